The van der Waals surface area contributed by atoms with Gasteiger partial charge in [-0.15, -0.1) is 0 Å². The second-order valence-electron chi connectivity index (χ2n) is 3.81. The molecule has 0 bridgehead atoms. The molecule has 0 aliphatic rings. The normalized spacial score (nSPS) is 14.9. The molecule has 2 heteroatoms. The first-order chi connectivity index (χ1) is 6.50. The molecule has 2 nitrogen and oxygen atoms in total. The van der Waals surface area contributed by atoms with Crippen molar-refractivity contribution in [2.75, 3.05) is 0 Å². The molecule has 0 radical (unpaired) electrons. The van der Waals surface area contributed by atoms with Gasteiger partial charge in [-0.05, 0) is 51.0 Å². The van der Waals surface area contributed by atoms with Crippen molar-refractivity contribution < 1.29 is 9.84 Å². The molecule has 0 heterocycles. The lowest BCUT2D eigenvalue weighted by Gasteiger charge is -2.17. The number of aliphatic hydroxyl groups excluding tert-OH is 1. The average Bonchev–Trinajstić information content (AvgIpc) is 2.11. The van der Waals surface area contributed by atoms with Gasteiger partial charge in [0, 0.05) is 0 Å². The standard InChI is InChI=1S/C12H18O2/c1-8-5-6-12(7-9(8)2)14-11(4)10(3)13/h5-7,10-11,13H,1-4H3/t10-,11?/m0/s1. The van der Waals surface area contributed by atoms with Gasteiger partial charge in [-0.1, -0.05) is 6.07 Å². The van der Waals surface area contributed by atoms with Crippen LogP contribution in [0.15, 0.2) is 18.2 Å². The van der Waals surface area contributed by atoms with E-state index in [9.17, 15) is 5.11 Å². The molecule has 78 valence electrons. The molecular weight excluding hydrogens is 176 g/mol. The molecule has 1 rings (SSSR count). The first-order valence-electron chi connectivity index (χ1n) is 4.92. The summed E-state index contributed by atoms with van der Waals surface area (Å²) in [6.45, 7) is 7.71. The smallest absolute Gasteiger partial charge is 0.121 e. The molecular formula is C12H18O2. The maximum Gasteiger partial charge on any atom is 0.121 e. The fraction of sp³-hybridized carbons (Fsp3) is 0.500. The minimum absolute atomic E-state index is 0.169. The predicted molar refractivity (Wildman–Crippen MR) is 57.7 cm³/mol. The van der Waals surface area contributed by atoms with Gasteiger partial charge < -0.3 is 9.84 Å². The van der Waals surface area contributed by atoms with Crippen LogP contribution in [0.3, 0.4) is 0 Å². The quantitative estimate of drug-likeness (QED) is 0.801. The Morgan fingerprint density at radius 3 is 2.29 bits per heavy atom. The predicted octanol–water partition coefficient (Wildman–Crippen LogP) is 2.45. The van der Waals surface area contributed by atoms with E-state index in [-0.39, 0.29) is 6.10 Å². The van der Waals surface area contributed by atoms with Crippen LogP contribution < -0.4 is 4.74 Å². The van der Waals surface area contributed by atoms with Gasteiger partial charge in [-0.25, -0.2) is 0 Å². The molecule has 1 aromatic carbocycles. The molecule has 14 heavy (non-hydrogen) atoms. The molecule has 0 aliphatic heterocycles. The number of hydrogen-bond donors (Lipinski definition) is 1. The first-order valence-corrected chi connectivity index (χ1v) is 4.92. The third kappa shape index (κ3) is 2.74. The van der Waals surface area contributed by atoms with E-state index in [0.717, 1.165) is 5.75 Å². The highest BCUT2D eigenvalue weighted by molar-refractivity contribution is 5.33. The molecule has 1 unspecified atom stereocenters. The second kappa shape index (κ2) is 4.47. The van der Waals surface area contributed by atoms with Crippen LogP contribution in [0.1, 0.15) is 25.0 Å². The zero-order valence-corrected chi connectivity index (χ0v) is 9.24. The molecule has 0 amide bonds. The van der Waals surface area contributed by atoms with Gasteiger partial charge in [0.05, 0.1) is 6.10 Å². The first kappa shape index (κ1) is 11.1. The highest BCUT2D eigenvalue weighted by atomic mass is 16.5. The minimum atomic E-state index is -0.448. The molecule has 1 aromatic rings. The Hall–Kier alpha value is -1.02. The van der Waals surface area contributed by atoms with Crippen molar-refractivity contribution in [3.8, 4) is 5.75 Å². The number of benzene rings is 1. The Morgan fingerprint density at radius 2 is 1.79 bits per heavy atom. The monoisotopic (exact) mass is 194 g/mol. The van der Waals surface area contributed by atoms with E-state index < -0.39 is 6.10 Å². The van der Waals surface area contributed by atoms with Crippen molar-refractivity contribution >= 4 is 0 Å². The van der Waals surface area contributed by atoms with Crippen molar-refractivity contribution in [3.05, 3.63) is 29.3 Å². The Labute approximate surface area is 85.5 Å². The summed E-state index contributed by atoms with van der Waals surface area (Å²) in [4.78, 5) is 0. The number of ether oxygens (including phenoxy) is 1. The Bertz CT molecular complexity index is 305. The van der Waals surface area contributed by atoms with Crippen LogP contribution in [0, 0.1) is 13.8 Å². The molecule has 0 saturated heterocycles. The maximum absolute atomic E-state index is 9.28. The maximum atomic E-state index is 9.28. The SMILES string of the molecule is Cc1ccc(OC(C)[C@H](C)O)cc1C. The topological polar surface area (TPSA) is 29.5 Å². The van der Waals surface area contributed by atoms with Crippen molar-refractivity contribution in [2.24, 2.45) is 0 Å². The summed E-state index contributed by atoms with van der Waals surface area (Å²) < 4.78 is 5.56. The highest BCUT2D eigenvalue weighted by Crippen LogP contribution is 2.18. The van der Waals surface area contributed by atoms with Gasteiger partial charge in [-0.2, -0.15) is 0 Å². The third-order valence-corrected chi connectivity index (χ3v) is 2.48. The van der Waals surface area contributed by atoms with Crippen LogP contribution in [-0.4, -0.2) is 17.3 Å². The van der Waals surface area contributed by atoms with Crippen molar-refractivity contribution in [2.45, 2.75) is 39.9 Å². The summed E-state index contributed by atoms with van der Waals surface area (Å²) in [5.41, 5.74) is 2.46. The molecule has 1 N–H and O–H groups in total. The fourth-order valence-corrected chi connectivity index (χ4v) is 1.10. The molecule has 0 aliphatic carbocycles. The van der Waals surface area contributed by atoms with Crippen molar-refractivity contribution in [1.82, 2.24) is 0 Å². The lowest BCUT2D eigenvalue weighted by atomic mass is 10.1. The van der Waals surface area contributed by atoms with Gasteiger partial charge in [0.15, 0.2) is 0 Å². The summed E-state index contributed by atoms with van der Waals surface area (Å²) in [7, 11) is 0. The van der Waals surface area contributed by atoms with Gasteiger partial charge >= 0.3 is 0 Å². The third-order valence-electron chi connectivity index (χ3n) is 2.48. The van der Waals surface area contributed by atoms with E-state index in [4.69, 9.17) is 4.74 Å². The zero-order chi connectivity index (χ0) is 10.7. The van der Waals surface area contributed by atoms with E-state index in [1.54, 1.807) is 6.92 Å². The molecule has 0 fully saturated rings. The van der Waals surface area contributed by atoms with E-state index in [0.29, 0.717) is 0 Å². The van der Waals surface area contributed by atoms with Crippen LogP contribution in [0.5, 0.6) is 5.75 Å². The highest BCUT2D eigenvalue weighted by Gasteiger charge is 2.10. The van der Waals surface area contributed by atoms with Crippen molar-refractivity contribution in [1.29, 1.82) is 0 Å². The van der Waals surface area contributed by atoms with Gasteiger partial charge in [0.25, 0.3) is 0 Å². The lowest BCUT2D eigenvalue weighted by Crippen LogP contribution is -2.25. The summed E-state index contributed by atoms with van der Waals surface area (Å²) >= 11 is 0. The lowest BCUT2D eigenvalue weighted by molar-refractivity contribution is 0.0604. The number of aryl methyl sites for hydroxylation is 2. The molecule has 0 spiro atoms. The van der Waals surface area contributed by atoms with E-state index in [1.165, 1.54) is 11.1 Å². The molecule has 0 saturated carbocycles. The van der Waals surface area contributed by atoms with Crippen LogP contribution in [0.2, 0.25) is 0 Å². The van der Waals surface area contributed by atoms with E-state index >= 15 is 0 Å². The zero-order valence-electron chi connectivity index (χ0n) is 9.24. The van der Waals surface area contributed by atoms with Crippen LogP contribution >= 0.6 is 0 Å². The number of aliphatic hydroxyl groups is 1. The summed E-state index contributed by atoms with van der Waals surface area (Å²) in [5.74, 6) is 0.821. The van der Waals surface area contributed by atoms with Crippen LogP contribution in [0.25, 0.3) is 0 Å². The van der Waals surface area contributed by atoms with E-state index in [1.807, 2.05) is 25.1 Å². The second-order valence-corrected chi connectivity index (χ2v) is 3.81. The Kier molecular flexibility index (Phi) is 3.53. The fourth-order valence-electron chi connectivity index (χ4n) is 1.10. The van der Waals surface area contributed by atoms with Crippen LogP contribution in [0.4, 0.5) is 0 Å². The largest absolute Gasteiger partial charge is 0.488 e. The summed E-state index contributed by atoms with van der Waals surface area (Å²) in [6.07, 6.45) is -0.617. The average molecular weight is 194 g/mol. The van der Waals surface area contributed by atoms with Gasteiger partial charge in [0.2, 0.25) is 0 Å². The molecule has 0 aromatic heterocycles. The Balaban J connectivity index is 2.73. The van der Waals surface area contributed by atoms with Crippen LogP contribution in [-0.2, 0) is 0 Å². The van der Waals surface area contributed by atoms with Gasteiger partial charge in [0.1, 0.15) is 11.9 Å². The van der Waals surface area contributed by atoms with Crippen molar-refractivity contribution in [3.63, 3.8) is 0 Å². The molecule has 2 atom stereocenters. The summed E-state index contributed by atoms with van der Waals surface area (Å²) in [6, 6.07) is 5.95. The van der Waals surface area contributed by atoms with Gasteiger partial charge in [-0.3, -0.25) is 0 Å². The number of hydrogen-bond acceptors (Lipinski definition) is 2. The summed E-state index contributed by atoms with van der Waals surface area (Å²) in [5, 5.41) is 9.28. The minimum Gasteiger partial charge on any atom is -0.488 e. The number of rotatable bonds is 3. The Morgan fingerprint density at radius 1 is 1.14 bits per heavy atom. The van der Waals surface area contributed by atoms with E-state index in [2.05, 4.69) is 13.8 Å².